The van der Waals surface area contributed by atoms with E-state index in [1.54, 1.807) is 51.1 Å². The van der Waals surface area contributed by atoms with E-state index in [-0.39, 0.29) is 56.1 Å². The molecule has 314 valence electrons. The van der Waals surface area contributed by atoms with Crippen molar-refractivity contribution in [2.24, 2.45) is 5.73 Å². The van der Waals surface area contributed by atoms with E-state index in [0.717, 1.165) is 49.7 Å². The molecule has 3 amide bonds. The van der Waals surface area contributed by atoms with Gasteiger partial charge in [0.1, 0.15) is 16.9 Å². The number of benzene rings is 2. The molecule has 0 aromatic heterocycles. The zero-order chi connectivity index (χ0) is 41.6. The van der Waals surface area contributed by atoms with E-state index in [4.69, 9.17) is 29.4 Å². The Bertz CT molecular complexity index is 1710. The maximum atomic E-state index is 13.9. The molecule has 4 rings (SSSR count). The molecule has 0 atom stereocenters. The number of anilines is 1. The summed E-state index contributed by atoms with van der Waals surface area (Å²) in [5, 5.41) is 5.70. The van der Waals surface area contributed by atoms with Crippen LogP contribution in [0.2, 0.25) is 0 Å². The summed E-state index contributed by atoms with van der Waals surface area (Å²) in [6, 6.07) is 11.4. The van der Waals surface area contributed by atoms with Gasteiger partial charge in [-0.15, -0.1) is 0 Å². The van der Waals surface area contributed by atoms with Crippen LogP contribution < -0.4 is 25.8 Å². The molecule has 4 N–H and O–H groups in total. The Labute approximate surface area is 337 Å². The van der Waals surface area contributed by atoms with Crippen molar-refractivity contribution < 1.29 is 42.9 Å². The summed E-state index contributed by atoms with van der Waals surface area (Å²) in [5.41, 5.74) is 8.19. The summed E-state index contributed by atoms with van der Waals surface area (Å²) < 4.78 is 28.4. The zero-order valence-electron chi connectivity index (χ0n) is 34.9. The first kappa shape index (κ1) is 44.7. The zero-order valence-corrected chi connectivity index (χ0v) is 34.9. The van der Waals surface area contributed by atoms with Gasteiger partial charge in [0.2, 0.25) is 5.91 Å². The fourth-order valence-corrected chi connectivity index (χ4v) is 6.77. The van der Waals surface area contributed by atoms with Gasteiger partial charge in [0.25, 0.3) is 5.91 Å². The van der Waals surface area contributed by atoms with Crippen LogP contribution in [0.1, 0.15) is 103 Å². The number of hydrogen-bond acceptors (Lipinski definition) is 11. The smallest absolute Gasteiger partial charge is 0.481 e. The van der Waals surface area contributed by atoms with Crippen molar-refractivity contribution in [2.45, 2.75) is 117 Å². The van der Waals surface area contributed by atoms with Gasteiger partial charge < -0.3 is 49.9 Å². The third kappa shape index (κ3) is 14.8. The van der Waals surface area contributed by atoms with Crippen molar-refractivity contribution in [1.29, 1.82) is 0 Å². The van der Waals surface area contributed by atoms with Gasteiger partial charge in [-0.3, -0.25) is 9.59 Å². The molecule has 0 bridgehead atoms. The predicted molar refractivity (Wildman–Crippen MR) is 219 cm³/mol. The van der Waals surface area contributed by atoms with E-state index in [2.05, 4.69) is 10.6 Å². The van der Waals surface area contributed by atoms with E-state index >= 15 is 0 Å². The highest BCUT2D eigenvalue weighted by Gasteiger charge is 2.30. The lowest BCUT2D eigenvalue weighted by molar-refractivity contribution is -0.135. The minimum atomic E-state index is -0.918. The van der Waals surface area contributed by atoms with Crippen molar-refractivity contribution >= 4 is 35.4 Å². The number of nitrogens with two attached hydrogens (primary N) is 1. The van der Waals surface area contributed by atoms with Gasteiger partial charge in [-0.2, -0.15) is 0 Å². The van der Waals surface area contributed by atoms with E-state index in [1.165, 1.54) is 0 Å². The lowest BCUT2D eigenvalue weighted by atomic mass is 10.1. The van der Waals surface area contributed by atoms with Gasteiger partial charge in [0.05, 0.1) is 25.3 Å². The number of hydrogen-bond donors (Lipinski definition) is 3. The van der Waals surface area contributed by atoms with Gasteiger partial charge in [-0.1, -0.05) is 49.9 Å². The molecule has 0 radical (unpaired) electrons. The lowest BCUT2D eigenvalue weighted by Gasteiger charge is -2.34. The average molecular weight is 794 g/mol. The fraction of sp³-hybridized carbons (Fsp3) is 0.581. The molecule has 1 saturated carbocycles. The predicted octanol–water partition coefficient (Wildman–Crippen LogP) is 6.79. The minimum Gasteiger partial charge on any atom is -0.481 e. The van der Waals surface area contributed by atoms with Gasteiger partial charge in [0, 0.05) is 38.9 Å². The highest BCUT2D eigenvalue weighted by atomic mass is 16.7. The first-order valence-corrected chi connectivity index (χ1v) is 20.1. The molecule has 1 fully saturated rings. The van der Waals surface area contributed by atoms with Crippen LogP contribution >= 0.6 is 0 Å². The van der Waals surface area contributed by atoms with E-state index in [1.807, 2.05) is 49.9 Å². The number of carbonyl (C=O) groups excluding carboxylic acids is 4. The van der Waals surface area contributed by atoms with Crippen LogP contribution in [-0.2, 0) is 36.6 Å². The summed E-state index contributed by atoms with van der Waals surface area (Å²) in [5.74, 6) is 0.0273. The number of amides is 3. The third-order valence-corrected chi connectivity index (χ3v) is 9.45. The fourth-order valence-electron chi connectivity index (χ4n) is 6.77. The molecule has 2 aromatic carbocycles. The molecule has 0 unspecified atom stereocenters. The Morgan fingerprint density at radius 1 is 0.930 bits per heavy atom. The van der Waals surface area contributed by atoms with Gasteiger partial charge >= 0.3 is 12.2 Å². The number of fused-ring (bicyclic) bond motifs is 1. The number of rotatable bonds is 16. The molecule has 0 spiro atoms. The molecular weight excluding hydrogens is 730 g/mol. The summed E-state index contributed by atoms with van der Waals surface area (Å²) in [7, 11) is 1.81. The number of ether oxygens (including phenoxy) is 5. The van der Waals surface area contributed by atoms with E-state index in [0.29, 0.717) is 43.0 Å². The van der Waals surface area contributed by atoms with Gasteiger partial charge in [-0.05, 0) is 96.0 Å². The second-order valence-electron chi connectivity index (χ2n) is 16.5. The first-order chi connectivity index (χ1) is 27.0. The molecule has 2 aromatic rings. The van der Waals surface area contributed by atoms with E-state index in [9.17, 15) is 19.2 Å². The quantitative estimate of drug-likeness (QED) is 0.0708. The average Bonchev–Trinajstić information content (AvgIpc) is 3.42. The van der Waals surface area contributed by atoms with Crippen molar-refractivity contribution in [3.8, 4) is 11.5 Å². The summed E-state index contributed by atoms with van der Waals surface area (Å²) in [4.78, 5) is 56.0. The Balaban J connectivity index is 1.45. The first-order valence-electron chi connectivity index (χ1n) is 20.1. The van der Waals surface area contributed by atoms with Crippen molar-refractivity contribution in [2.75, 3.05) is 51.8 Å². The largest absolute Gasteiger partial charge is 0.514 e. The van der Waals surface area contributed by atoms with Crippen LogP contribution in [0.3, 0.4) is 0 Å². The second kappa shape index (κ2) is 21.0. The van der Waals surface area contributed by atoms with Crippen LogP contribution in [0.25, 0.3) is 5.70 Å². The summed E-state index contributed by atoms with van der Waals surface area (Å²) >= 11 is 0. The molecule has 1 heterocycles. The molecular formula is C43H63N5O9. The molecule has 0 saturated heterocycles. The Morgan fingerprint density at radius 3 is 2.33 bits per heavy atom. The number of nitrogens with one attached hydrogen (secondary N) is 2. The lowest BCUT2D eigenvalue weighted by Crippen LogP contribution is -2.47. The Morgan fingerprint density at radius 2 is 1.65 bits per heavy atom. The second-order valence-corrected chi connectivity index (χ2v) is 16.5. The monoisotopic (exact) mass is 793 g/mol. The SMILES string of the molecule is CN/C=C(\N)c1cccc(CCOCCC(=O)N(CCN(CCc2ccc(OC(=O)OC(C)(C)C)c3c2OCC(=O)N3)C(=O)OC(C)(C)C)C2CCCCCC2)c1. The Hall–Kier alpha value is -4.98. The van der Waals surface area contributed by atoms with Gasteiger partial charge in [-0.25, -0.2) is 9.59 Å². The van der Waals surface area contributed by atoms with Crippen molar-refractivity contribution in [3.63, 3.8) is 0 Å². The third-order valence-electron chi connectivity index (χ3n) is 9.45. The molecule has 14 heteroatoms. The number of nitrogens with zero attached hydrogens (tertiary/aromatic N) is 2. The molecule has 14 nitrogen and oxygen atoms in total. The van der Waals surface area contributed by atoms with Crippen LogP contribution in [0.15, 0.2) is 42.6 Å². The van der Waals surface area contributed by atoms with E-state index < -0.39 is 29.4 Å². The van der Waals surface area contributed by atoms with Crippen molar-refractivity contribution in [3.05, 3.63) is 59.3 Å². The van der Waals surface area contributed by atoms with Gasteiger partial charge in [0.15, 0.2) is 18.1 Å². The standard InChI is InChI=1S/C43H63N5O9/c1-42(2,3)56-40(51)47(22-19-31-17-18-35(55-41(52)57-43(4,5)6)38-39(31)54-29-36(49)46-38)23-24-48(33-15-10-8-9-11-16-33)37(50)21-26-53-25-20-30-13-12-14-32(27-30)34(44)28-45-7/h12-14,17-18,27-28,33,45H,8-11,15-16,19-26,29,44H2,1-7H3,(H,46,49)/b34-28-. The molecule has 1 aliphatic carbocycles. The van der Waals surface area contributed by atoms with Crippen LogP contribution in [0.5, 0.6) is 11.5 Å². The minimum absolute atomic E-state index is 0.00296. The topological polar surface area (TPSA) is 171 Å². The molecule has 2 aliphatic rings. The highest BCUT2D eigenvalue weighted by molar-refractivity contribution is 5.98. The molecule has 57 heavy (non-hydrogen) atoms. The van der Waals surface area contributed by atoms with Crippen LogP contribution in [0.4, 0.5) is 15.3 Å². The maximum absolute atomic E-state index is 13.9. The highest BCUT2D eigenvalue weighted by Crippen LogP contribution is 2.40. The van der Waals surface area contributed by atoms with Crippen LogP contribution in [0, 0.1) is 0 Å². The maximum Gasteiger partial charge on any atom is 0.514 e. The molecule has 1 aliphatic heterocycles. The normalized spacial score (nSPS) is 15.0. The van der Waals surface area contributed by atoms with Crippen molar-refractivity contribution in [1.82, 2.24) is 15.1 Å². The van der Waals surface area contributed by atoms with Crippen LogP contribution in [-0.4, -0.2) is 97.6 Å². The summed E-state index contributed by atoms with van der Waals surface area (Å²) in [6.07, 6.45) is 7.76. The Kier molecular flexibility index (Phi) is 16.5. The number of carbonyl (C=O) groups is 4. The summed E-state index contributed by atoms with van der Waals surface area (Å²) in [6.45, 7) is 12.0.